The van der Waals surface area contributed by atoms with Crippen molar-refractivity contribution in [1.29, 1.82) is 0 Å². The molecule has 6 nitrogen and oxygen atoms in total. The van der Waals surface area contributed by atoms with Gasteiger partial charge in [0, 0.05) is 7.05 Å². The van der Waals surface area contributed by atoms with Gasteiger partial charge in [0.25, 0.3) is 0 Å². The molecule has 0 aromatic heterocycles. The molecule has 0 spiro atoms. The Labute approximate surface area is 109 Å². The van der Waals surface area contributed by atoms with Crippen LogP contribution in [0.3, 0.4) is 0 Å². The first-order valence-corrected chi connectivity index (χ1v) is 5.47. The molecule has 0 aliphatic heterocycles. The van der Waals surface area contributed by atoms with Crippen LogP contribution in [0.25, 0.3) is 0 Å². The molecule has 7 heteroatoms. The molecule has 0 amide bonds. The van der Waals surface area contributed by atoms with Crippen LogP contribution in [0, 0.1) is 10.1 Å². The summed E-state index contributed by atoms with van der Waals surface area (Å²) in [6.07, 6.45) is 0. The highest BCUT2D eigenvalue weighted by Crippen LogP contribution is 2.37. The van der Waals surface area contributed by atoms with Crippen molar-refractivity contribution in [3.8, 4) is 0 Å². The SMILES string of the molecule is CN(c1cccc(Cl)c1[N+](=O)[O-])C(C)(C)C(=O)O. The van der Waals surface area contributed by atoms with Crippen LogP contribution in [0.2, 0.25) is 5.02 Å². The van der Waals surface area contributed by atoms with E-state index in [0.29, 0.717) is 0 Å². The average molecular weight is 273 g/mol. The molecule has 18 heavy (non-hydrogen) atoms. The number of para-hydroxylation sites is 1. The number of carboxylic acid groups (broad SMARTS) is 1. The monoisotopic (exact) mass is 272 g/mol. The maximum Gasteiger partial charge on any atom is 0.328 e. The first kappa shape index (κ1) is 14.2. The second kappa shape index (κ2) is 4.81. The van der Waals surface area contributed by atoms with Gasteiger partial charge in [-0.2, -0.15) is 0 Å². The summed E-state index contributed by atoms with van der Waals surface area (Å²) in [6, 6.07) is 4.40. The van der Waals surface area contributed by atoms with Gasteiger partial charge in [0.2, 0.25) is 0 Å². The van der Waals surface area contributed by atoms with Crippen LogP contribution in [-0.4, -0.2) is 28.6 Å². The Bertz CT molecular complexity index is 502. The summed E-state index contributed by atoms with van der Waals surface area (Å²) in [5, 5.41) is 20.1. The number of rotatable bonds is 4. The van der Waals surface area contributed by atoms with Gasteiger partial charge in [-0.05, 0) is 26.0 Å². The van der Waals surface area contributed by atoms with E-state index in [1.807, 2.05) is 0 Å². The number of nitro benzene ring substituents is 1. The number of benzene rings is 1. The summed E-state index contributed by atoms with van der Waals surface area (Å²) in [4.78, 5) is 22.8. The normalized spacial score (nSPS) is 11.1. The zero-order valence-corrected chi connectivity index (χ0v) is 10.9. The second-order valence-corrected chi connectivity index (χ2v) is 4.70. The smallest absolute Gasteiger partial charge is 0.328 e. The fourth-order valence-corrected chi connectivity index (χ4v) is 1.64. The van der Waals surface area contributed by atoms with Crippen molar-refractivity contribution in [3.05, 3.63) is 33.3 Å². The molecule has 0 heterocycles. The Morgan fingerprint density at radius 2 is 2.06 bits per heavy atom. The standard InChI is InChI=1S/C11H13ClN2O4/c1-11(2,10(15)16)13(3)8-6-4-5-7(12)9(8)14(17)18/h4-6H,1-3H3,(H,15,16). The molecule has 1 aromatic carbocycles. The number of carboxylic acids is 1. The highest BCUT2D eigenvalue weighted by Gasteiger charge is 2.36. The summed E-state index contributed by atoms with van der Waals surface area (Å²) in [7, 11) is 1.48. The number of hydrogen-bond acceptors (Lipinski definition) is 4. The first-order chi connectivity index (χ1) is 8.19. The predicted molar refractivity (Wildman–Crippen MR) is 68.2 cm³/mol. The lowest BCUT2D eigenvalue weighted by molar-refractivity contribution is -0.384. The average Bonchev–Trinajstić information content (AvgIpc) is 2.26. The van der Waals surface area contributed by atoms with Crippen molar-refractivity contribution in [3.63, 3.8) is 0 Å². The summed E-state index contributed by atoms with van der Waals surface area (Å²) in [6.45, 7) is 2.92. The molecule has 98 valence electrons. The van der Waals surface area contributed by atoms with Gasteiger partial charge < -0.3 is 10.0 Å². The summed E-state index contributed by atoms with van der Waals surface area (Å²) in [5.74, 6) is -1.08. The van der Waals surface area contributed by atoms with Gasteiger partial charge in [0.05, 0.1) is 4.92 Å². The van der Waals surface area contributed by atoms with Gasteiger partial charge in [-0.25, -0.2) is 4.79 Å². The summed E-state index contributed by atoms with van der Waals surface area (Å²) in [5.41, 5.74) is -1.41. The van der Waals surface area contributed by atoms with E-state index in [1.165, 1.54) is 37.9 Å². The van der Waals surface area contributed by atoms with Crippen LogP contribution < -0.4 is 4.90 Å². The van der Waals surface area contributed by atoms with E-state index >= 15 is 0 Å². The lowest BCUT2D eigenvalue weighted by Crippen LogP contribution is -2.48. The minimum atomic E-state index is -1.28. The van der Waals surface area contributed by atoms with Crippen LogP contribution in [0.4, 0.5) is 11.4 Å². The van der Waals surface area contributed by atoms with Crippen LogP contribution in [-0.2, 0) is 4.79 Å². The molecule has 0 radical (unpaired) electrons. The van der Waals surface area contributed by atoms with Crippen LogP contribution in [0.15, 0.2) is 18.2 Å². The van der Waals surface area contributed by atoms with E-state index in [1.54, 1.807) is 6.07 Å². The van der Waals surface area contributed by atoms with Crippen LogP contribution in [0.1, 0.15) is 13.8 Å². The third-order valence-corrected chi connectivity index (χ3v) is 3.18. The molecule has 0 saturated heterocycles. The van der Waals surface area contributed by atoms with Crippen molar-refractivity contribution in [1.82, 2.24) is 0 Å². The second-order valence-electron chi connectivity index (χ2n) is 4.29. The quantitative estimate of drug-likeness (QED) is 0.673. The van der Waals surface area contributed by atoms with Gasteiger partial charge in [0.1, 0.15) is 16.2 Å². The summed E-state index contributed by atoms with van der Waals surface area (Å²) < 4.78 is 0. The van der Waals surface area contributed by atoms with E-state index in [4.69, 9.17) is 16.7 Å². The number of hydrogen-bond donors (Lipinski definition) is 1. The maximum absolute atomic E-state index is 11.2. The summed E-state index contributed by atoms with van der Waals surface area (Å²) >= 11 is 5.78. The van der Waals surface area contributed by atoms with E-state index in [2.05, 4.69) is 0 Å². The molecular weight excluding hydrogens is 260 g/mol. The van der Waals surface area contributed by atoms with E-state index in [9.17, 15) is 14.9 Å². The molecule has 1 N–H and O–H groups in total. The van der Waals surface area contributed by atoms with Gasteiger partial charge in [-0.3, -0.25) is 10.1 Å². The first-order valence-electron chi connectivity index (χ1n) is 5.09. The van der Waals surface area contributed by atoms with Gasteiger partial charge >= 0.3 is 11.7 Å². The number of likely N-dealkylation sites (N-methyl/N-ethyl adjacent to an activating group) is 1. The highest BCUT2D eigenvalue weighted by atomic mass is 35.5. The molecule has 0 atom stereocenters. The Morgan fingerprint density at radius 1 is 1.50 bits per heavy atom. The van der Waals surface area contributed by atoms with Crippen LogP contribution >= 0.6 is 11.6 Å². The topological polar surface area (TPSA) is 83.7 Å². The van der Waals surface area contributed by atoms with E-state index in [-0.39, 0.29) is 16.4 Å². The molecule has 0 aliphatic carbocycles. The van der Waals surface area contributed by atoms with Gasteiger partial charge in [-0.15, -0.1) is 0 Å². The maximum atomic E-state index is 11.2. The van der Waals surface area contributed by atoms with Crippen molar-refractivity contribution < 1.29 is 14.8 Å². The number of anilines is 1. The molecule has 1 rings (SSSR count). The molecule has 0 aliphatic rings. The highest BCUT2D eigenvalue weighted by molar-refractivity contribution is 6.33. The Morgan fingerprint density at radius 3 is 2.50 bits per heavy atom. The lowest BCUT2D eigenvalue weighted by Gasteiger charge is -2.33. The van der Waals surface area contributed by atoms with E-state index < -0.39 is 16.4 Å². The fraction of sp³-hybridized carbons (Fsp3) is 0.364. The third-order valence-electron chi connectivity index (χ3n) is 2.87. The number of nitro groups is 1. The van der Waals surface area contributed by atoms with Crippen molar-refractivity contribution in [2.75, 3.05) is 11.9 Å². The zero-order chi connectivity index (χ0) is 14.1. The number of halogens is 1. The Kier molecular flexibility index (Phi) is 3.81. The predicted octanol–water partition coefficient (Wildman–Crippen LogP) is 2.55. The van der Waals surface area contributed by atoms with Gasteiger partial charge in [-0.1, -0.05) is 17.7 Å². The van der Waals surface area contributed by atoms with Crippen LogP contribution in [0.5, 0.6) is 0 Å². The number of nitrogens with zero attached hydrogens (tertiary/aromatic N) is 2. The van der Waals surface area contributed by atoms with Crippen molar-refractivity contribution >= 4 is 28.9 Å². The van der Waals surface area contributed by atoms with Crippen molar-refractivity contribution in [2.45, 2.75) is 19.4 Å². The molecule has 0 fully saturated rings. The minimum absolute atomic E-state index is 0.0226. The molecule has 0 bridgehead atoms. The Balaban J connectivity index is 3.38. The third kappa shape index (κ3) is 2.38. The fourth-order valence-electron chi connectivity index (χ4n) is 1.40. The zero-order valence-electron chi connectivity index (χ0n) is 10.2. The molecule has 1 aromatic rings. The molecule has 0 unspecified atom stereocenters. The number of aliphatic carboxylic acids is 1. The molecule has 0 saturated carbocycles. The van der Waals surface area contributed by atoms with E-state index in [0.717, 1.165) is 0 Å². The largest absolute Gasteiger partial charge is 0.480 e. The molecular formula is C11H13ClN2O4. The van der Waals surface area contributed by atoms with Crippen molar-refractivity contribution in [2.24, 2.45) is 0 Å². The number of carbonyl (C=O) groups is 1. The van der Waals surface area contributed by atoms with Gasteiger partial charge in [0.15, 0.2) is 0 Å². The minimum Gasteiger partial charge on any atom is -0.480 e. The Hall–Kier alpha value is -1.82. The lowest BCUT2D eigenvalue weighted by atomic mass is 10.0.